The summed E-state index contributed by atoms with van der Waals surface area (Å²) in [6, 6.07) is 16.7. The number of hydrogen-bond acceptors (Lipinski definition) is 4. The fourth-order valence-corrected chi connectivity index (χ4v) is 3.12. The van der Waals surface area contributed by atoms with E-state index >= 15 is 0 Å². The molecule has 1 aliphatic rings. The standard InChI is InChI=1S/C20H20N2O3S/c1-3-25-19(23)16-17(13-8-5-4-6-9-13)21-20(26)22-18(16)14-10-7-11-15(12-14)24-2/h4-12,18H,3H2,1-2H3,(H2,21,22,26)/t18-/m1/s1. The Balaban J connectivity index is 2.17. The monoisotopic (exact) mass is 368 g/mol. The Kier molecular flexibility index (Phi) is 5.53. The lowest BCUT2D eigenvalue weighted by atomic mass is 9.92. The first-order valence-corrected chi connectivity index (χ1v) is 8.73. The molecule has 0 bridgehead atoms. The van der Waals surface area contributed by atoms with Crippen molar-refractivity contribution in [3.63, 3.8) is 0 Å². The zero-order valence-corrected chi connectivity index (χ0v) is 15.4. The van der Waals surface area contributed by atoms with Crippen LogP contribution in [0.1, 0.15) is 24.1 Å². The van der Waals surface area contributed by atoms with Gasteiger partial charge in [-0.25, -0.2) is 4.79 Å². The second-order valence-electron chi connectivity index (χ2n) is 5.68. The van der Waals surface area contributed by atoms with Gasteiger partial charge in [0.25, 0.3) is 0 Å². The van der Waals surface area contributed by atoms with E-state index in [-0.39, 0.29) is 5.97 Å². The number of nitrogens with one attached hydrogen (secondary N) is 2. The molecule has 0 radical (unpaired) electrons. The number of methoxy groups -OCH3 is 1. The zero-order valence-electron chi connectivity index (χ0n) is 14.6. The molecule has 0 unspecified atom stereocenters. The van der Waals surface area contributed by atoms with Crippen LogP contribution >= 0.6 is 12.2 Å². The Bertz CT molecular complexity index is 849. The molecule has 1 atom stereocenters. The fourth-order valence-electron chi connectivity index (χ4n) is 2.90. The van der Waals surface area contributed by atoms with Crippen molar-refractivity contribution in [3.8, 4) is 5.75 Å². The van der Waals surface area contributed by atoms with Crippen molar-refractivity contribution in [2.24, 2.45) is 0 Å². The first-order valence-electron chi connectivity index (χ1n) is 8.32. The number of carbonyl (C=O) groups is 1. The molecule has 6 heteroatoms. The summed E-state index contributed by atoms with van der Waals surface area (Å²) in [7, 11) is 1.61. The number of carbonyl (C=O) groups excluding carboxylic acids is 1. The van der Waals surface area contributed by atoms with Crippen molar-refractivity contribution >= 4 is 29.0 Å². The number of rotatable bonds is 5. The molecule has 3 rings (SSSR count). The predicted octanol–water partition coefficient (Wildman–Crippen LogP) is 3.19. The van der Waals surface area contributed by atoms with Crippen molar-refractivity contribution < 1.29 is 14.3 Å². The van der Waals surface area contributed by atoms with E-state index in [4.69, 9.17) is 21.7 Å². The van der Waals surface area contributed by atoms with Crippen LogP contribution in [0.5, 0.6) is 5.75 Å². The Morgan fingerprint density at radius 2 is 1.92 bits per heavy atom. The summed E-state index contributed by atoms with van der Waals surface area (Å²) in [6.07, 6.45) is 0. The second kappa shape index (κ2) is 8.01. The van der Waals surface area contributed by atoms with Crippen LogP contribution in [0.4, 0.5) is 0 Å². The van der Waals surface area contributed by atoms with Gasteiger partial charge in [-0.05, 0) is 42.4 Å². The summed E-state index contributed by atoms with van der Waals surface area (Å²) >= 11 is 5.39. The summed E-state index contributed by atoms with van der Waals surface area (Å²) in [4.78, 5) is 12.8. The third-order valence-electron chi connectivity index (χ3n) is 4.06. The lowest BCUT2D eigenvalue weighted by molar-refractivity contribution is -0.138. The molecule has 2 N–H and O–H groups in total. The van der Waals surface area contributed by atoms with Crippen molar-refractivity contribution in [1.29, 1.82) is 0 Å². The first-order chi connectivity index (χ1) is 12.6. The molecule has 1 aliphatic heterocycles. The van der Waals surface area contributed by atoms with Crippen LogP contribution in [-0.4, -0.2) is 24.8 Å². The van der Waals surface area contributed by atoms with Crippen LogP contribution in [-0.2, 0) is 9.53 Å². The third-order valence-corrected chi connectivity index (χ3v) is 4.28. The maximum Gasteiger partial charge on any atom is 0.338 e. The Morgan fingerprint density at radius 3 is 2.62 bits per heavy atom. The maximum absolute atomic E-state index is 12.8. The SMILES string of the molecule is CCOC(=O)C1=C(c2ccccc2)NC(=S)N[C@@H]1c1cccc(OC)c1. The number of benzene rings is 2. The molecule has 0 spiro atoms. The van der Waals surface area contributed by atoms with Gasteiger partial charge in [0, 0.05) is 0 Å². The highest BCUT2D eigenvalue weighted by atomic mass is 32.1. The van der Waals surface area contributed by atoms with Gasteiger partial charge in [-0.3, -0.25) is 0 Å². The molecule has 0 saturated carbocycles. The highest BCUT2D eigenvalue weighted by Crippen LogP contribution is 2.33. The fraction of sp³-hybridized carbons (Fsp3) is 0.200. The average molecular weight is 368 g/mol. The Hall–Kier alpha value is -2.86. The summed E-state index contributed by atoms with van der Waals surface area (Å²) in [5.41, 5.74) is 2.87. The van der Waals surface area contributed by atoms with Crippen LogP contribution in [0, 0.1) is 0 Å². The van der Waals surface area contributed by atoms with Gasteiger partial charge in [-0.15, -0.1) is 0 Å². The molecule has 134 valence electrons. The van der Waals surface area contributed by atoms with Gasteiger partial charge >= 0.3 is 5.97 Å². The van der Waals surface area contributed by atoms with E-state index in [1.54, 1.807) is 14.0 Å². The van der Waals surface area contributed by atoms with Crippen molar-refractivity contribution in [1.82, 2.24) is 10.6 Å². The van der Waals surface area contributed by atoms with Gasteiger partial charge in [0.2, 0.25) is 0 Å². The second-order valence-corrected chi connectivity index (χ2v) is 6.09. The number of esters is 1. The van der Waals surface area contributed by atoms with Crippen LogP contribution in [0.2, 0.25) is 0 Å². The maximum atomic E-state index is 12.8. The van der Waals surface area contributed by atoms with E-state index in [1.165, 1.54) is 0 Å². The average Bonchev–Trinajstić information content (AvgIpc) is 2.68. The Labute approximate surface area is 158 Å². The molecule has 0 amide bonds. The quantitative estimate of drug-likeness (QED) is 0.624. The summed E-state index contributed by atoms with van der Waals surface area (Å²) < 4.78 is 10.6. The first kappa shape index (κ1) is 17.9. The highest BCUT2D eigenvalue weighted by molar-refractivity contribution is 7.80. The molecule has 26 heavy (non-hydrogen) atoms. The van der Waals surface area contributed by atoms with Crippen LogP contribution in [0.25, 0.3) is 5.70 Å². The molecule has 1 heterocycles. The molecule has 0 fully saturated rings. The van der Waals surface area contributed by atoms with Gasteiger partial charge in [0.15, 0.2) is 5.11 Å². The molecule has 0 aliphatic carbocycles. The van der Waals surface area contributed by atoms with Gasteiger partial charge in [-0.2, -0.15) is 0 Å². The third kappa shape index (κ3) is 3.70. The lowest BCUT2D eigenvalue weighted by Gasteiger charge is -2.31. The van der Waals surface area contributed by atoms with E-state index in [1.807, 2.05) is 54.6 Å². The van der Waals surface area contributed by atoms with E-state index < -0.39 is 6.04 Å². The zero-order chi connectivity index (χ0) is 18.5. The van der Waals surface area contributed by atoms with E-state index in [2.05, 4.69) is 10.6 Å². The van der Waals surface area contributed by atoms with E-state index in [0.29, 0.717) is 28.7 Å². The lowest BCUT2D eigenvalue weighted by Crippen LogP contribution is -2.45. The van der Waals surface area contributed by atoms with Gasteiger partial charge in [-0.1, -0.05) is 42.5 Å². The molecule has 0 saturated heterocycles. The molecule has 2 aromatic rings. The van der Waals surface area contributed by atoms with Crippen LogP contribution in [0.3, 0.4) is 0 Å². The number of ether oxygens (including phenoxy) is 2. The molecule has 5 nitrogen and oxygen atoms in total. The number of thiocarbonyl (C=S) groups is 1. The molecule has 0 aromatic heterocycles. The van der Waals surface area contributed by atoms with Crippen molar-refractivity contribution in [2.75, 3.05) is 13.7 Å². The minimum atomic E-state index is -0.437. The molecule has 2 aromatic carbocycles. The van der Waals surface area contributed by atoms with Gasteiger partial charge < -0.3 is 20.1 Å². The molecular weight excluding hydrogens is 348 g/mol. The smallest absolute Gasteiger partial charge is 0.338 e. The topological polar surface area (TPSA) is 59.6 Å². The minimum absolute atomic E-state index is 0.291. The number of hydrogen-bond donors (Lipinski definition) is 2. The normalized spacial score (nSPS) is 16.5. The van der Waals surface area contributed by atoms with Crippen LogP contribution < -0.4 is 15.4 Å². The van der Waals surface area contributed by atoms with Gasteiger partial charge in [0.05, 0.1) is 31.0 Å². The van der Waals surface area contributed by atoms with Crippen molar-refractivity contribution in [2.45, 2.75) is 13.0 Å². The summed E-state index contributed by atoms with van der Waals surface area (Å²) in [5, 5.41) is 6.75. The predicted molar refractivity (Wildman–Crippen MR) is 105 cm³/mol. The largest absolute Gasteiger partial charge is 0.497 e. The summed E-state index contributed by atoms with van der Waals surface area (Å²) in [5.74, 6) is 0.319. The van der Waals surface area contributed by atoms with Crippen LogP contribution in [0.15, 0.2) is 60.2 Å². The van der Waals surface area contributed by atoms with Crippen molar-refractivity contribution in [3.05, 3.63) is 71.3 Å². The van der Waals surface area contributed by atoms with Gasteiger partial charge in [0.1, 0.15) is 5.75 Å². The Morgan fingerprint density at radius 1 is 1.15 bits per heavy atom. The van der Waals surface area contributed by atoms with E-state index in [9.17, 15) is 4.79 Å². The highest BCUT2D eigenvalue weighted by Gasteiger charge is 2.33. The minimum Gasteiger partial charge on any atom is -0.497 e. The van der Waals surface area contributed by atoms with E-state index in [0.717, 1.165) is 11.1 Å². The summed E-state index contributed by atoms with van der Waals surface area (Å²) in [6.45, 7) is 2.08. The molecular formula is C20H20N2O3S.